The van der Waals surface area contributed by atoms with Gasteiger partial charge in [0.1, 0.15) is 6.61 Å². The quantitative estimate of drug-likeness (QED) is 0.742. The third-order valence-corrected chi connectivity index (χ3v) is 2.49. The van der Waals surface area contributed by atoms with Gasteiger partial charge in [0.05, 0.1) is 5.56 Å². The minimum absolute atomic E-state index is 0.00734. The van der Waals surface area contributed by atoms with Gasteiger partial charge in [-0.15, -0.1) is 0 Å². The number of carbonyl (C=O) groups is 2. The zero-order chi connectivity index (χ0) is 14.3. The molecule has 0 unspecified atom stereocenters. The average Bonchev–Trinajstić information content (AvgIpc) is 2.35. The molecule has 0 atom stereocenters. The van der Waals surface area contributed by atoms with Gasteiger partial charge in [-0.2, -0.15) is 0 Å². The second-order valence-corrected chi connectivity index (χ2v) is 4.67. The Labute approximate surface area is 112 Å². The molecule has 0 heterocycles. The highest BCUT2D eigenvalue weighted by molar-refractivity contribution is 5.93. The lowest BCUT2D eigenvalue weighted by atomic mass is 10.1. The molecule has 0 saturated heterocycles. The van der Waals surface area contributed by atoms with Crippen LogP contribution in [0.4, 0.5) is 5.69 Å². The summed E-state index contributed by atoms with van der Waals surface area (Å²) in [6.07, 6.45) is 0.917. The number of ether oxygens (including phenoxy) is 1. The van der Waals surface area contributed by atoms with Crippen molar-refractivity contribution in [3.05, 3.63) is 29.8 Å². The largest absolute Gasteiger partial charge is 0.478 e. The summed E-state index contributed by atoms with van der Waals surface area (Å²) in [5.74, 6) is -0.687. The van der Waals surface area contributed by atoms with Crippen molar-refractivity contribution in [2.45, 2.75) is 20.3 Å². The number of benzene rings is 1. The SMILES string of the molecule is CC(C)CCOCC(=O)Nc1ccc(C(=O)O)cc1. The summed E-state index contributed by atoms with van der Waals surface area (Å²) in [6, 6.07) is 5.99. The molecule has 0 radical (unpaired) electrons. The van der Waals surface area contributed by atoms with E-state index in [1.54, 1.807) is 12.1 Å². The lowest BCUT2D eigenvalue weighted by Crippen LogP contribution is -2.19. The van der Waals surface area contributed by atoms with Crippen LogP contribution in [0.15, 0.2) is 24.3 Å². The van der Waals surface area contributed by atoms with Gasteiger partial charge in [0.15, 0.2) is 0 Å². The minimum Gasteiger partial charge on any atom is -0.478 e. The monoisotopic (exact) mass is 265 g/mol. The lowest BCUT2D eigenvalue weighted by Gasteiger charge is -2.07. The Hall–Kier alpha value is -1.88. The van der Waals surface area contributed by atoms with E-state index in [9.17, 15) is 9.59 Å². The lowest BCUT2D eigenvalue weighted by molar-refractivity contribution is -0.120. The first-order chi connectivity index (χ1) is 8.99. The number of carboxylic acid groups (broad SMARTS) is 1. The average molecular weight is 265 g/mol. The molecule has 0 aliphatic carbocycles. The molecule has 2 N–H and O–H groups in total. The summed E-state index contributed by atoms with van der Waals surface area (Å²) >= 11 is 0. The van der Waals surface area contributed by atoms with Crippen LogP contribution in [0.3, 0.4) is 0 Å². The van der Waals surface area contributed by atoms with Gasteiger partial charge >= 0.3 is 5.97 Å². The van der Waals surface area contributed by atoms with Crippen LogP contribution in [0, 0.1) is 5.92 Å². The van der Waals surface area contributed by atoms with Crippen molar-refractivity contribution < 1.29 is 19.4 Å². The molecular formula is C14H19NO4. The minimum atomic E-state index is -0.991. The summed E-state index contributed by atoms with van der Waals surface area (Å²) < 4.78 is 5.23. The molecule has 0 bridgehead atoms. The number of carbonyl (C=O) groups excluding carboxylic acids is 1. The van der Waals surface area contributed by atoms with Crippen LogP contribution in [0.5, 0.6) is 0 Å². The molecule has 0 aliphatic rings. The van der Waals surface area contributed by atoms with Gasteiger partial charge in [0.2, 0.25) is 5.91 Å². The summed E-state index contributed by atoms with van der Waals surface area (Å²) in [5, 5.41) is 11.4. The fraction of sp³-hybridized carbons (Fsp3) is 0.429. The van der Waals surface area contributed by atoms with E-state index in [1.807, 2.05) is 0 Å². The van der Waals surface area contributed by atoms with Gasteiger partial charge in [0.25, 0.3) is 0 Å². The van der Waals surface area contributed by atoms with Crippen LogP contribution < -0.4 is 5.32 Å². The molecule has 104 valence electrons. The van der Waals surface area contributed by atoms with Gasteiger partial charge in [-0.1, -0.05) is 13.8 Å². The fourth-order valence-electron chi connectivity index (χ4n) is 1.38. The molecule has 0 spiro atoms. The Bertz CT molecular complexity index is 426. The van der Waals surface area contributed by atoms with Crippen molar-refractivity contribution >= 4 is 17.6 Å². The Morgan fingerprint density at radius 1 is 1.26 bits per heavy atom. The zero-order valence-corrected chi connectivity index (χ0v) is 11.2. The number of anilines is 1. The van der Waals surface area contributed by atoms with E-state index in [0.29, 0.717) is 18.2 Å². The molecule has 1 aromatic rings. The smallest absolute Gasteiger partial charge is 0.335 e. The van der Waals surface area contributed by atoms with Crippen LogP contribution in [0.25, 0.3) is 0 Å². The predicted octanol–water partition coefficient (Wildman–Crippen LogP) is 2.39. The Kier molecular flexibility index (Phi) is 6.02. The van der Waals surface area contributed by atoms with E-state index in [0.717, 1.165) is 6.42 Å². The number of hydrogen-bond donors (Lipinski definition) is 2. The topological polar surface area (TPSA) is 75.6 Å². The zero-order valence-electron chi connectivity index (χ0n) is 11.2. The van der Waals surface area contributed by atoms with Crippen molar-refractivity contribution in [1.29, 1.82) is 0 Å². The van der Waals surface area contributed by atoms with E-state index in [4.69, 9.17) is 9.84 Å². The summed E-state index contributed by atoms with van der Waals surface area (Å²) in [5.41, 5.74) is 0.744. The van der Waals surface area contributed by atoms with Crippen molar-refractivity contribution in [3.8, 4) is 0 Å². The Morgan fingerprint density at radius 3 is 2.42 bits per heavy atom. The predicted molar refractivity (Wildman–Crippen MR) is 72.3 cm³/mol. The number of rotatable bonds is 7. The van der Waals surface area contributed by atoms with Crippen LogP contribution in [-0.4, -0.2) is 30.2 Å². The number of aromatic carboxylic acids is 1. The molecule has 0 aromatic heterocycles. The summed E-state index contributed by atoms with van der Waals surface area (Å²) in [6.45, 7) is 4.75. The van der Waals surface area contributed by atoms with Crippen molar-refractivity contribution in [2.24, 2.45) is 5.92 Å². The Morgan fingerprint density at radius 2 is 1.89 bits per heavy atom. The molecule has 0 saturated carbocycles. The molecular weight excluding hydrogens is 246 g/mol. The molecule has 19 heavy (non-hydrogen) atoms. The van der Waals surface area contributed by atoms with E-state index in [-0.39, 0.29) is 18.1 Å². The fourth-order valence-corrected chi connectivity index (χ4v) is 1.38. The van der Waals surface area contributed by atoms with E-state index in [2.05, 4.69) is 19.2 Å². The summed E-state index contributed by atoms with van der Waals surface area (Å²) in [7, 11) is 0. The second kappa shape index (κ2) is 7.53. The highest BCUT2D eigenvalue weighted by atomic mass is 16.5. The molecule has 1 aromatic carbocycles. The van der Waals surface area contributed by atoms with E-state index in [1.165, 1.54) is 12.1 Å². The third kappa shape index (κ3) is 6.01. The van der Waals surface area contributed by atoms with Crippen LogP contribution in [0.2, 0.25) is 0 Å². The van der Waals surface area contributed by atoms with Crippen molar-refractivity contribution in [2.75, 3.05) is 18.5 Å². The Balaban J connectivity index is 2.34. The number of amides is 1. The highest BCUT2D eigenvalue weighted by Crippen LogP contribution is 2.09. The maximum atomic E-state index is 11.5. The van der Waals surface area contributed by atoms with Crippen molar-refractivity contribution in [3.63, 3.8) is 0 Å². The molecule has 0 fully saturated rings. The maximum Gasteiger partial charge on any atom is 0.335 e. The summed E-state index contributed by atoms with van der Waals surface area (Å²) in [4.78, 5) is 22.2. The number of nitrogens with one attached hydrogen (secondary N) is 1. The standard InChI is InChI=1S/C14H19NO4/c1-10(2)7-8-19-9-13(16)15-12-5-3-11(4-6-12)14(17)18/h3-6,10H,7-9H2,1-2H3,(H,15,16)(H,17,18). The molecule has 1 rings (SSSR count). The first-order valence-corrected chi connectivity index (χ1v) is 6.20. The first kappa shape index (κ1) is 15.2. The second-order valence-electron chi connectivity index (χ2n) is 4.67. The number of hydrogen-bond acceptors (Lipinski definition) is 3. The number of carboxylic acids is 1. The third-order valence-electron chi connectivity index (χ3n) is 2.49. The molecule has 0 aliphatic heterocycles. The van der Waals surface area contributed by atoms with Gasteiger partial charge < -0.3 is 15.2 Å². The molecule has 5 heteroatoms. The molecule has 5 nitrogen and oxygen atoms in total. The van der Waals surface area contributed by atoms with Crippen LogP contribution >= 0.6 is 0 Å². The van der Waals surface area contributed by atoms with Gasteiger partial charge in [0, 0.05) is 12.3 Å². The van der Waals surface area contributed by atoms with Crippen LogP contribution in [0.1, 0.15) is 30.6 Å². The van der Waals surface area contributed by atoms with Crippen molar-refractivity contribution in [1.82, 2.24) is 0 Å². The van der Waals surface area contributed by atoms with E-state index >= 15 is 0 Å². The molecule has 1 amide bonds. The van der Waals surface area contributed by atoms with Gasteiger partial charge in [-0.25, -0.2) is 4.79 Å². The normalized spacial score (nSPS) is 10.5. The maximum absolute atomic E-state index is 11.5. The van der Waals surface area contributed by atoms with Crippen LogP contribution in [-0.2, 0) is 9.53 Å². The van der Waals surface area contributed by atoms with Gasteiger partial charge in [-0.05, 0) is 36.6 Å². The highest BCUT2D eigenvalue weighted by Gasteiger charge is 2.05. The first-order valence-electron chi connectivity index (χ1n) is 6.20. The van der Waals surface area contributed by atoms with E-state index < -0.39 is 5.97 Å². The van der Waals surface area contributed by atoms with Gasteiger partial charge in [-0.3, -0.25) is 4.79 Å².